The first-order valence-electron chi connectivity index (χ1n) is 7.81. The summed E-state index contributed by atoms with van der Waals surface area (Å²) in [6.45, 7) is 4.64. The maximum atomic E-state index is 2.42. The molecule has 0 nitrogen and oxygen atoms in total. The normalized spacial score (nSPS) is 34.8. The molecule has 0 heterocycles. The SMILES string of the molecule is CCc1ccc(C23CCC(CC)(CC2)CC3)cc1. The van der Waals surface area contributed by atoms with Gasteiger partial charge in [0.05, 0.1) is 0 Å². The Bertz CT molecular complexity index is 388. The van der Waals surface area contributed by atoms with Crippen molar-refractivity contribution in [2.45, 2.75) is 70.6 Å². The molecule has 0 N–H and O–H groups in total. The Morgan fingerprint density at radius 3 is 1.83 bits per heavy atom. The summed E-state index contributed by atoms with van der Waals surface area (Å²) >= 11 is 0. The highest BCUT2D eigenvalue weighted by molar-refractivity contribution is 5.31. The highest BCUT2D eigenvalue weighted by atomic mass is 14.5. The van der Waals surface area contributed by atoms with Gasteiger partial charge in [0, 0.05) is 0 Å². The number of rotatable bonds is 3. The molecule has 3 fully saturated rings. The van der Waals surface area contributed by atoms with Crippen LogP contribution in [0.15, 0.2) is 24.3 Å². The standard InChI is InChI=1S/C18H26/c1-3-15-5-7-16(8-6-15)18-12-9-17(4-2,10-13-18)11-14-18/h5-8H,3-4,9-14H2,1-2H3. The van der Waals surface area contributed by atoms with E-state index in [2.05, 4.69) is 38.1 Å². The summed E-state index contributed by atoms with van der Waals surface area (Å²) in [5.41, 5.74) is 4.38. The molecule has 0 aliphatic heterocycles. The molecule has 0 unspecified atom stereocenters. The van der Waals surface area contributed by atoms with Crippen molar-refractivity contribution in [3.8, 4) is 0 Å². The van der Waals surface area contributed by atoms with Crippen molar-refractivity contribution in [2.24, 2.45) is 5.41 Å². The highest BCUT2D eigenvalue weighted by Crippen LogP contribution is 2.58. The van der Waals surface area contributed by atoms with E-state index in [-0.39, 0.29) is 0 Å². The van der Waals surface area contributed by atoms with Crippen LogP contribution in [0.2, 0.25) is 0 Å². The van der Waals surface area contributed by atoms with Crippen LogP contribution in [0.3, 0.4) is 0 Å². The van der Waals surface area contributed by atoms with E-state index >= 15 is 0 Å². The molecule has 0 saturated heterocycles. The maximum Gasteiger partial charge on any atom is -0.00464 e. The number of fused-ring (bicyclic) bond motifs is 3. The summed E-state index contributed by atoms with van der Waals surface area (Å²) in [7, 11) is 0. The first-order chi connectivity index (χ1) is 8.72. The average molecular weight is 242 g/mol. The zero-order chi connectivity index (χ0) is 12.6. The van der Waals surface area contributed by atoms with E-state index in [1.807, 2.05) is 0 Å². The summed E-state index contributed by atoms with van der Waals surface area (Å²) in [5, 5.41) is 0. The minimum absolute atomic E-state index is 0.545. The lowest BCUT2D eigenvalue weighted by Gasteiger charge is -2.54. The van der Waals surface area contributed by atoms with Crippen molar-refractivity contribution in [3.63, 3.8) is 0 Å². The van der Waals surface area contributed by atoms with Gasteiger partial charge in [0.1, 0.15) is 0 Å². The quantitative estimate of drug-likeness (QED) is 0.679. The second-order valence-electron chi connectivity index (χ2n) is 6.68. The van der Waals surface area contributed by atoms with Crippen LogP contribution < -0.4 is 0 Å². The molecule has 1 aromatic rings. The van der Waals surface area contributed by atoms with Gasteiger partial charge in [-0.2, -0.15) is 0 Å². The molecular formula is C18H26. The molecular weight excluding hydrogens is 216 g/mol. The predicted octanol–water partition coefficient (Wildman–Crippen LogP) is 5.25. The molecule has 3 aliphatic rings. The zero-order valence-electron chi connectivity index (χ0n) is 12.0. The molecule has 1 aromatic carbocycles. The van der Waals surface area contributed by atoms with Crippen molar-refractivity contribution in [1.82, 2.24) is 0 Å². The van der Waals surface area contributed by atoms with Crippen molar-refractivity contribution < 1.29 is 0 Å². The third-order valence-corrected chi connectivity index (χ3v) is 6.13. The Balaban J connectivity index is 1.84. The van der Waals surface area contributed by atoms with Gasteiger partial charge in [-0.1, -0.05) is 44.5 Å². The predicted molar refractivity (Wildman–Crippen MR) is 77.9 cm³/mol. The molecule has 0 radical (unpaired) electrons. The van der Waals surface area contributed by atoms with Crippen LogP contribution in [0.1, 0.15) is 69.9 Å². The fraction of sp³-hybridized carbons (Fsp3) is 0.667. The first-order valence-corrected chi connectivity index (χ1v) is 7.81. The van der Waals surface area contributed by atoms with Crippen LogP contribution in [0.25, 0.3) is 0 Å². The zero-order valence-corrected chi connectivity index (χ0v) is 12.0. The topological polar surface area (TPSA) is 0 Å². The molecule has 4 rings (SSSR count). The lowest BCUT2D eigenvalue weighted by molar-refractivity contribution is 0.0367. The van der Waals surface area contributed by atoms with E-state index in [1.165, 1.54) is 50.5 Å². The third kappa shape index (κ3) is 1.81. The van der Waals surface area contributed by atoms with Gasteiger partial charge in [0.25, 0.3) is 0 Å². The van der Waals surface area contributed by atoms with Gasteiger partial charge >= 0.3 is 0 Å². The van der Waals surface area contributed by atoms with Crippen LogP contribution >= 0.6 is 0 Å². The molecule has 2 bridgehead atoms. The molecule has 3 saturated carbocycles. The molecule has 18 heavy (non-hydrogen) atoms. The molecule has 0 aromatic heterocycles. The summed E-state index contributed by atoms with van der Waals surface area (Å²) in [4.78, 5) is 0. The maximum absolute atomic E-state index is 2.42. The molecule has 0 spiro atoms. The number of hydrogen-bond acceptors (Lipinski definition) is 0. The molecule has 0 atom stereocenters. The van der Waals surface area contributed by atoms with Gasteiger partial charge in [-0.15, -0.1) is 0 Å². The van der Waals surface area contributed by atoms with Crippen LogP contribution in [0, 0.1) is 5.41 Å². The summed E-state index contributed by atoms with van der Waals surface area (Å²) in [6.07, 6.45) is 11.3. The highest BCUT2D eigenvalue weighted by Gasteiger charge is 2.48. The van der Waals surface area contributed by atoms with Crippen molar-refractivity contribution >= 4 is 0 Å². The second kappa shape index (κ2) is 4.40. The second-order valence-corrected chi connectivity index (χ2v) is 6.68. The minimum atomic E-state index is 0.545. The van der Waals surface area contributed by atoms with E-state index in [9.17, 15) is 0 Å². The van der Waals surface area contributed by atoms with Crippen LogP contribution in [-0.4, -0.2) is 0 Å². The van der Waals surface area contributed by atoms with E-state index < -0.39 is 0 Å². The van der Waals surface area contributed by atoms with Gasteiger partial charge in [0.15, 0.2) is 0 Å². The molecule has 3 aliphatic carbocycles. The third-order valence-electron chi connectivity index (χ3n) is 6.13. The van der Waals surface area contributed by atoms with E-state index in [0.717, 1.165) is 11.8 Å². The van der Waals surface area contributed by atoms with Crippen LogP contribution in [0.5, 0.6) is 0 Å². The largest absolute Gasteiger partial charge is 0.0649 e. The Hall–Kier alpha value is -0.780. The number of hydrogen-bond donors (Lipinski definition) is 0. The van der Waals surface area contributed by atoms with Gasteiger partial charge in [0.2, 0.25) is 0 Å². The summed E-state index contributed by atoms with van der Waals surface area (Å²) in [5.74, 6) is 0. The monoisotopic (exact) mass is 242 g/mol. The van der Waals surface area contributed by atoms with Crippen molar-refractivity contribution in [2.75, 3.05) is 0 Å². The van der Waals surface area contributed by atoms with E-state index in [4.69, 9.17) is 0 Å². The minimum Gasteiger partial charge on any atom is -0.0649 e. The lowest BCUT2D eigenvalue weighted by atomic mass is 9.51. The molecule has 0 heteroatoms. The smallest absolute Gasteiger partial charge is 0.00464 e. The Labute approximate surface area is 112 Å². The fourth-order valence-corrected chi connectivity index (χ4v) is 4.32. The Morgan fingerprint density at radius 1 is 0.833 bits per heavy atom. The van der Waals surface area contributed by atoms with Gasteiger partial charge in [-0.3, -0.25) is 0 Å². The van der Waals surface area contributed by atoms with E-state index in [0.29, 0.717) is 5.41 Å². The Kier molecular flexibility index (Phi) is 3.00. The number of benzene rings is 1. The van der Waals surface area contributed by atoms with Crippen LogP contribution in [-0.2, 0) is 11.8 Å². The first kappa shape index (κ1) is 12.3. The average Bonchev–Trinajstić information content (AvgIpc) is 2.49. The van der Waals surface area contributed by atoms with Gasteiger partial charge in [-0.05, 0) is 66.9 Å². The summed E-state index contributed by atoms with van der Waals surface area (Å²) < 4.78 is 0. The Morgan fingerprint density at radius 2 is 1.39 bits per heavy atom. The molecule has 0 amide bonds. The summed E-state index contributed by atoms with van der Waals surface area (Å²) in [6, 6.07) is 9.53. The fourth-order valence-electron chi connectivity index (χ4n) is 4.32. The van der Waals surface area contributed by atoms with Crippen molar-refractivity contribution in [1.29, 1.82) is 0 Å². The van der Waals surface area contributed by atoms with Crippen LogP contribution in [0.4, 0.5) is 0 Å². The van der Waals surface area contributed by atoms with E-state index in [1.54, 1.807) is 5.56 Å². The van der Waals surface area contributed by atoms with Crippen molar-refractivity contribution in [3.05, 3.63) is 35.4 Å². The lowest BCUT2D eigenvalue weighted by Crippen LogP contribution is -2.43. The number of aryl methyl sites for hydroxylation is 1. The molecule has 98 valence electrons. The van der Waals surface area contributed by atoms with Gasteiger partial charge in [-0.25, -0.2) is 0 Å². The van der Waals surface area contributed by atoms with Gasteiger partial charge < -0.3 is 0 Å².